The summed E-state index contributed by atoms with van der Waals surface area (Å²) >= 11 is 1.65. The number of rotatable bonds is 5. The predicted octanol–water partition coefficient (Wildman–Crippen LogP) is 3.37. The first-order chi connectivity index (χ1) is 11.3. The smallest absolute Gasteiger partial charge is 0.136 e. The van der Waals surface area contributed by atoms with E-state index >= 15 is 0 Å². The van der Waals surface area contributed by atoms with Crippen LogP contribution >= 0.6 is 11.3 Å². The number of nitrogens with one attached hydrogen (secondary N) is 1. The van der Waals surface area contributed by atoms with Crippen LogP contribution in [0.2, 0.25) is 0 Å². The molecule has 0 saturated carbocycles. The Labute approximate surface area is 138 Å². The lowest BCUT2D eigenvalue weighted by atomic mass is 10.2. The summed E-state index contributed by atoms with van der Waals surface area (Å²) in [6, 6.07) is 16.2. The van der Waals surface area contributed by atoms with Gasteiger partial charge >= 0.3 is 0 Å². The minimum Gasteiger partial charge on any atom is -0.386 e. The first kappa shape index (κ1) is 14.4. The van der Waals surface area contributed by atoms with Crippen molar-refractivity contribution in [2.24, 2.45) is 0 Å². The number of aromatic nitrogens is 2. The Morgan fingerprint density at radius 2 is 2.04 bits per heavy atom. The molecule has 0 radical (unpaired) electrons. The molecule has 1 atom stereocenters. The van der Waals surface area contributed by atoms with E-state index in [4.69, 9.17) is 0 Å². The highest BCUT2D eigenvalue weighted by Gasteiger charge is 2.11. The third-order valence-electron chi connectivity index (χ3n) is 3.91. The predicted molar refractivity (Wildman–Crippen MR) is 93.7 cm³/mol. The largest absolute Gasteiger partial charge is 0.386 e. The van der Waals surface area contributed by atoms with Crippen molar-refractivity contribution in [2.45, 2.75) is 12.6 Å². The zero-order valence-corrected chi connectivity index (χ0v) is 13.3. The Kier molecular flexibility index (Phi) is 3.83. The van der Waals surface area contributed by atoms with Gasteiger partial charge in [-0.25, -0.2) is 4.98 Å². The van der Waals surface area contributed by atoms with Crippen LogP contribution in [0.3, 0.4) is 0 Å². The van der Waals surface area contributed by atoms with Gasteiger partial charge in [0.2, 0.25) is 0 Å². The molecule has 0 aliphatic carbocycles. The van der Waals surface area contributed by atoms with Crippen LogP contribution in [0.1, 0.15) is 16.7 Å². The van der Waals surface area contributed by atoms with Crippen molar-refractivity contribution in [2.75, 3.05) is 6.54 Å². The first-order valence-corrected chi connectivity index (χ1v) is 8.41. The van der Waals surface area contributed by atoms with E-state index in [0.717, 1.165) is 16.2 Å². The lowest BCUT2D eigenvalue weighted by Crippen LogP contribution is -2.21. The first-order valence-electron chi connectivity index (χ1n) is 7.59. The molecular weight excluding hydrogens is 306 g/mol. The fourth-order valence-corrected chi connectivity index (χ4v) is 3.77. The average molecular weight is 323 g/mol. The maximum absolute atomic E-state index is 10.4. The molecule has 3 aromatic heterocycles. The maximum atomic E-state index is 10.4. The molecule has 5 heteroatoms. The highest BCUT2D eigenvalue weighted by Crippen LogP contribution is 2.29. The fourth-order valence-electron chi connectivity index (χ4n) is 2.72. The quantitative estimate of drug-likeness (QED) is 0.592. The van der Waals surface area contributed by atoms with Crippen molar-refractivity contribution < 1.29 is 5.11 Å². The van der Waals surface area contributed by atoms with Crippen LogP contribution in [-0.2, 0) is 6.54 Å². The number of aliphatic hydroxyl groups excluding tert-OH is 1. The number of pyridine rings is 1. The summed E-state index contributed by atoms with van der Waals surface area (Å²) in [6.07, 6.45) is 3.38. The van der Waals surface area contributed by atoms with Gasteiger partial charge in [0.05, 0.1) is 11.9 Å². The van der Waals surface area contributed by atoms with Gasteiger partial charge in [-0.2, -0.15) is 0 Å². The van der Waals surface area contributed by atoms with Crippen LogP contribution in [0.5, 0.6) is 0 Å². The van der Waals surface area contributed by atoms with Gasteiger partial charge in [-0.15, -0.1) is 11.3 Å². The second-order valence-electron chi connectivity index (χ2n) is 5.51. The number of aliphatic hydroxyl groups is 1. The lowest BCUT2D eigenvalue weighted by Gasteiger charge is -2.10. The Bertz CT molecular complexity index is 910. The SMILES string of the molecule is OC(CNCc1cnc2ccccn12)c1cc2ccccc2s1. The molecule has 0 aliphatic heterocycles. The van der Waals surface area contributed by atoms with Gasteiger partial charge < -0.3 is 14.8 Å². The molecule has 4 nitrogen and oxygen atoms in total. The molecule has 0 amide bonds. The monoisotopic (exact) mass is 323 g/mol. The van der Waals surface area contributed by atoms with Crippen molar-refractivity contribution in [3.05, 3.63) is 71.5 Å². The van der Waals surface area contributed by atoms with Gasteiger partial charge in [0, 0.05) is 28.9 Å². The van der Waals surface area contributed by atoms with E-state index in [1.807, 2.05) is 42.7 Å². The van der Waals surface area contributed by atoms with Crippen LogP contribution < -0.4 is 5.32 Å². The van der Waals surface area contributed by atoms with E-state index in [9.17, 15) is 5.11 Å². The van der Waals surface area contributed by atoms with E-state index in [1.54, 1.807) is 11.3 Å². The van der Waals surface area contributed by atoms with E-state index < -0.39 is 6.10 Å². The topological polar surface area (TPSA) is 49.6 Å². The van der Waals surface area contributed by atoms with Crippen molar-refractivity contribution in [3.8, 4) is 0 Å². The number of benzene rings is 1. The highest BCUT2D eigenvalue weighted by molar-refractivity contribution is 7.19. The van der Waals surface area contributed by atoms with Gasteiger partial charge in [0.25, 0.3) is 0 Å². The molecule has 4 aromatic rings. The van der Waals surface area contributed by atoms with E-state index in [-0.39, 0.29) is 0 Å². The van der Waals surface area contributed by atoms with Gasteiger partial charge in [-0.05, 0) is 29.7 Å². The second kappa shape index (κ2) is 6.12. The molecule has 0 bridgehead atoms. The van der Waals surface area contributed by atoms with Crippen LogP contribution in [0.4, 0.5) is 0 Å². The van der Waals surface area contributed by atoms with E-state index in [1.165, 1.54) is 10.1 Å². The summed E-state index contributed by atoms with van der Waals surface area (Å²) in [4.78, 5) is 5.36. The molecule has 4 rings (SSSR count). The Morgan fingerprint density at radius 1 is 1.17 bits per heavy atom. The molecular formula is C18H17N3OS. The Morgan fingerprint density at radius 3 is 2.96 bits per heavy atom. The molecule has 116 valence electrons. The number of fused-ring (bicyclic) bond motifs is 2. The summed E-state index contributed by atoms with van der Waals surface area (Å²) in [5.41, 5.74) is 2.03. The maximum Gasteiger partial charge on any atom is 0.136 e. The van der Waals surface area contributed by atoms with Crippen LogP contribution in [0.25, 0.3) is 15.7 Å². The van der Waals surface area contributed by atoms with E-state index in [0.29, 0.717) is 13.1 Å². The number of nitrogens with zero attached hydrogens (tertiary/aromatic N) is 2. The number of hydrogen-bond acceptors (Lipinski definition) is 4. The van der Waals surface area contributed by atoms with Gasteiger partial charge in [-0.1, -0.05) is 24.3 Å². The van der Waals surface area contributed by atoms with Crippen molar-refractivity contribution in [3.63, 3.8) is 0 Å². The second-order valence-corrected chi connectivity index (χ2v) is 6.63. The number of imidazole rings is 1. The van der Waals surface area contributed by atoms with Gasteiger partial charge in [-0.3, -0.25) is 0 Å². The van der Waals surface area contributed by atoms with Crippen molar-refractivity contribution in [1.29, 1.82) is 0 Å². The summed E-state index contributed by atoms with van der Waals surface area (Å²) < 4.78 is 3.27. The Hall–Kier alpha value is -2.21. The van der Waals surface area contributed by atoms with Gasteiger partial charge in [0.15, 0.2) is 0 Å². The highest BCUT2D eigenvalue weighted by atomic mass is 32.1. The lowest BCUT2D eigenvalue weighted by molar-refractivity contribution is 0.178. The average Bonchev–Trinajstić information content (AvgIpc) is 3.19. The number of hydrogen-bond donors (Lipinski definition) is 2. The molecule has 2 N–H and O–H groups in total. The summed E-state index contributed by atoms with van der Waals surface area (Å²) in [6.45, 7) is 1.19. The van der Waals surface area contributed by atoms with E-state index in [2.05, 4.69) is 32.9 Å². The number of thiophene rings is 1. The minimum atomic E-state index is -0.494. The molecule has 23 heavy (non-hydrogen) atoms. The van der Waals surface area contributed by atoms with Gasteiger partial charge in [0.1, 0.15) is 11.8 Å². The van der Waals surface area contributed by atoms with Crippen molar-refractivity contribution in [1.82, 2.24) is 14.7 Å². The molecule has 0 spiro atoms. The molecule has 0 saturated heterocycles. The summed E-state index contributed by atoms with van der Waals surface area (Å²) in [5.74, 6) is 0. The zero-order chi connectivity index (χ0) is 15.6. The third kappa shape index (κ3) is 2.86. The molecule has 1 aromatic carbocycles. The fraction of sp³-hybridized carbons (Fsp3) is 0.167. The van der Waals surface area contributed by atoms with Crippen LogP contribution in [0, 0.1) is 0 Å². The third-order valence-corrected chi connectivity index (χ3v) is 5.13. The van der Waals surface area contributed by atoms with Crippen LogP contribution in [0.15, 0.2) is 60.9 Å². The zero-order valence-electron chi connectivity index (χ0n) is 12.5. The summed E-state index contributed by atoms with van der Waals surface area (Å²) in [7, 11) is 0. The summed E-state index contributed by atoms with van der Waals surface area (Å²) in [5, 5.41) is 14.9. The minimum absolute atomic E-state index is 0.494. The molecule has 1 unspecified atom stereocenters. The standard InChI is InChI=1S/C18H17N3OS/c22-15(17-9-13-5-1-2-6-16(13)23-17)12-19-10-14-11-20-18-7-3-4-8-21(14)18/h1-9,11,15,19,22H,10,12H2. The molecule has 0 aliphatic rings. The molecule has 0 fully saturated rings. The Balaban J connectivity index is 1.42. The van der Waals surface area contributed by atoms with Crippen molar-refractivity contribution >= 4 is 27.1 Å². The normalized spacial score (nSPS) is 12.9. The molecule has 3 heterocycles. The van der Waals surface area contributed by atoms with Crippen LogP contribution in [-0.4, -0.2) is 21.0 Å².